The third kappa shape index (κ3) is 3.81. The summed E-state index contributed by atoms with van der Waals surface area (Å²) in [6, 6.07) is 0. The fourth-order valence-corrected chi connectivity index (χ4v) is 0.371. The van der Waals surface area contributed by atoms with Gasteiger partial charge in [0.15, 0.2) is 0 Å². The summed E-state index contributed by atoms with van der Waals surface area (Å²) in [7, 11) is 0. The molecule has 0 saturated carbocycles. The molecular formula is C4H10N4O2. The number of nitrogens with one attached hydrogen (secondary N) is 2. The van der Waals surface area contributed by atoms with Gasteiger partial charge in [0, 0.05) is 12.8 Å². The lowest BCUT2D eigenvalue weighted by atomic mass is 10.3. The largest absolute Gasteiger partial charge is 0.294 e. The molecule has 0 aliphatic heterocycles. The Morgan fingerprint density at radius 1 is 1.00 bits per heavy atom. The van der Waals surface area contributed by atoms with E-state index < -0.39 is 0 Å². The molecule has 0 rings (SSSR count). The Morgan fingerprint density at radius 2 is 1.30 bits per heavy atom. The van der Waals surface area contributed by atoms with Gasteiger partial charge < -0.3 is 0 Å². The summed E-state index contributed by atoms with van der Waals surface area (Å²) in [5.74, 6) is 8.70. The molecule has 0 saturated heterocycles. The number of hydrazine groups is 2. The molecule has 0 fully saturated rings. The van der Waals surface area contributed by atoms with Crippen molar-refractivity contribution in [1.29, 1.82) is 0 Å². The fourth-order valence-electron chi connectivity index (χ4n) is 0.371. The van der Waals surface area contributed by atoms with Crippen LogP contribution < -0.4 is 22.5 Å². The first kappa shape index (κ1) is 8.86. The molecule has 0 bridgehead atoms. The molecule has 58 valence electrons. The smallest absolute Gasteiger partial charge is 0.234 e. The molecule has 2 amide bonds. The lowest BCUT2D eigenvalue weighted by Gasteiger charge is -1.97. The molecule has 10 heavy (non-hydrogen) atoms. The van der Waals surface area contributed by atoms with Crippen LogP contribution in [0.1, 0.15) is 12.8 Å². The van der Waals surface area contributed by atoms with Crippen LogP contribution in [0.4, 0.5) is 0 Å². The van der Waals surface area contributed by atoms with Gasteiger partial charge in [0.2, 0.25) is 11.8 Å². The zero-order valence-electron chi connectivity index (χ0n) is 5.39. The highest BCUT2D eigenvalue weighted by atomic mass is 16.2. The first-order chi connectivity index (χ1) is 4.70. The van der Waals surface area contributed by atoms with Crippen molar-refractivity contribution >= 4 is 11.8 Å². The van der Waals surface area contributed by atoms with Crippen molar-refractivity contribution in [2.24, 2.45) is 11.7 Å². The minimum atomic E-state index is -0.386. The highest BCUT2D eigenvalue weighted by molar-refractivity contribution is 5.82. The maximum Gasteiger partial charge on any atom is 0.234 e. The van der Waals surface area contributed by atoms with Gasteiger partial charge in [-0.1, -0.05) is 0 Å². The van der Waals surface area contributed by atoms with Gasteiger partial charge in [-0.2, -0.15) is 0 Å². The van der Waals surface area contributed by atoms with Crippen molar-refractivity contribution in [3.63, 3.8) is 0 Å². The summed E-state index contributed by atoms with van der Waals surface area (Å²) >= 11 is 0. The highest BCUT2D eigenvalue weighted by Crippen LogP contribution is 1.85. The Morgan fingerprint density at radius 3 is 1.50 bits per heavy atom. The van der Waals surface area contributed by atoms with E-state index in [-0.39, 0.29) is 24.7 Å². The van der Waals surface area contributed by atoms with Crippen LogP contribution in [-0.2, 0) is 9.59 Å². The quantitative estimate of drug-likeness (QED) is 0.205. The van der Waals surface area contributed by atoms with Crippen LogP contribution in [0.25, 0.3) is 0 Å². The second-order valence-electron chi connectivity index (χ2n) is 1.64. The van der Waals surface area contributed by atoms with Crippen molar-refractivity contribution in [3.05, 3.63) is 0 Å². The van der Waals surface area contributed by atoms with Gasteiger partial charge in [-0.05, 0) is 0 Å². The van der Waals surface area contributed by atoms with Crippen molar-refractivity contribution in [2.75, 3.05) is 0 Å². The molecule has 0 aromatic carbocycles. The maximum absolute atomic E-state index is 10.4. The van der Waals surface area contributed by atoms with Crippen LogP contribution in [0, 0.1) is 0 Å². The zero-order valence-corrected chi connectivity index (χ0v) is 5.39. The summed E-state index contributed by atoms with van der Waals surface area (Å²) in [4.78, 5) is 20.8. The van der Waals surface area contributed by atoms with Crippen LogP contribution in [0.15, 0.2) is 0 Å². The minimum absolute atomic E-state index is 0.0551. The monoisotopic (exact) mass is 146 g/mol. The number of carbonyl (C=O) groups is 2. The first-order valence-corrected chi connectivity index (χ1v) is 2.69. The number of carbonyl (C=O) groups excluding carboxylic acids is 2. The van der Waals surface area contributed by atoms with Crippen molar-refractivity contribution < 1.29 is 9.59 Å². The predicted molar refractivity (Wildman–Crippen MR) is 33.9 cm³/mol. The van der Waals surface area contributed by atoms with E-state index in [0.717, 1.165) is 0 Å². The lowest BCUT2D eigenvalue weighted by Crippen LogP contribution is -2.34. The number of amides is 2. The maximum atomic E-state index is 10.4. The fraction of sp³-hybridized carbons (Fsp3) is 0.500. The van der Waals surface area contributed by atoms with E-state index in [1.807, 2.05) is 10.9 Å². The molecule has 6 N–H and O–H groups in total. The van der Waals surface area contributed by atoms with Crippen LogP contribution in [-0.4, -0.2) is 11.8 Å². The summed E-state index contributed by atoms with van der Waals surface area (Å²) < 4.78 is 0. The molecule has 0 aromatic heterocycles. The van der Waals surface area contributed by atoms with E-state index >= 15 is 0 Å². The van der Waals surface area contributed by atoms with E-state index in [9.17, 15) is 9.59 Å². The number of hydrogen-bond donors (Lipinski definition) is 4. The van der Waals surface area contributed by atoms with Gasteiger partial charge in [-0.15, -0.1) is 0 Å². The number of nitrogens with two attached hydrogens (primary N) is 2. The molecule has 0 aliphatic rings. The predicted octanol–water partition coefficient (Wildman–Crippen LogP) is -2.25. The zero-order chi connectivity index (χ0) is 7.98. The molecule has 6 nitrogen and oxygen atoms in total. The molecule has 0 unspecified atom stereocenters. The van der Waals surface area contributed by atoms with Crippen LogP contribution in [0.5, 0.6) is 0 Å². The first-order valence-electron chi connectivity index (χ1n) is 2.69. The third-order valence-corrected chi connectivity index (χ3v) is 0.901. The molecule has 0 spiro atoms. The Bertz CT molecular complexity index is 119. The Hall–Kier alpha value is -1.14. The summed E-state index contributed by atoms with van der Waals surface area (Å²) in [5, 5.41) is 0. The summed E-state index contributed by atoms with van der Waals surface area (Å²) in [5.41, 5.74) is 3.77. The van der Waals surface area contributed by atoms with Crippen molar-refractivity contribution in [1.82, 2.24) is 10.9 Å². The number of rotatable bonds is 3. The summed E-state index contributed by atoms with van der Waals surface area (Å²) in [6.07, 6.45) is 0.110. The van der Waals surface area contributed by atoms with Gasteiger partial charge in [-0.3, -0.25) is 20.4 Å². The average Bonchev–Trinajstić information content (AvgIpc) is 1.99. The van der Waals surface area contributed by atoms with Gasteiger partial charge >= 0.3 is 0 Å². The van der Waals surface area contributed by atoms with E-state index in [1.54, 1.807) is 0 Å². The van der Waals surface area contributed by atoms with Gasteiger partial charge in [0.25, 0.3) is 0 Å². The van der Waals surface area contributed by atoms with Crippen LogP contribution >= 0.6 is 0 Å². The Kier molecular flexibility index (Phi) is 4.17. The van der Waals surface area contributed by atoms with Crippen LogP contribution in [0.2, 0.25) is 0 Å². The third-order valence-electron chi connectivity index (χ3n) is 0.901. The Labute approximate surface area is 57.9 Å². The molecular weight excluding hydrogens is 136 g/mol. The lowest BCUT2D eigenvalue weighted by molar-refractivity contribution is -0.126. The molecule has 0 aliphatic carbocycles. The van der Waals surface area contributed by atoms with E-state index in [0.29, 0.717) is 0 Å². The second kappa shape index (κ2) is 4.71. The minimum Gasteiger partial charge on any atom is -0.294 e. The van der Waals surface area contributed by atoms with E-state index in [1.165, 1.54) is 0 Å². The molecule has 0 atom stereocenters. The normalized spacial score (nSPS) is 8.60. The Balaban J connectivity index is 3.35. The van der Waals surface area contributed by atoms with Crippen molar-refractivity contribution in [2.45, 2.75) is 12.8 Å². The van der Waals surface area contributed by atoms with Gasteiger partial charge in [0.05, 0.1) is 0 Å². The number of hydrogen-bond acceptors (Lipinski definition) is 4. The molecule has 0 heterocycles. The van der Waals surface area contributed by atoms with E-state index in [2.05, 4.69) is 0 Å². The molecule has 0 radical (unpaired) electrons. The standard InChI is InChI=1S/C4H10N4O2/c5-7-3(9)1-2-4(10)8-6/h1-2,5-6H2,(H,7,9)(H,8,10). The van der Waals surface area contributed by atoms with Crippen LogP contribution in [0.3, 0.4) is 0 Å². The van der Waals surface area contributed by atoms with Crippen molar-refractivity contribution in [3.8, 4) is 0 Å². The average molecular weight is 146 g/mol. The molecule has 6 heteroatoms. The topological polar surface area (TPSA) is 110 Å². The summed E-state index contributed by atoms with van der Waals surface area (Å²) in [6.45, 7) is 0. The van der Waals surface area contributed by atoms with Gasteiger partial charge in [0.1, 0.15) is 0 Å². The highest BCUT2D eigenvalue weighted by Gasteiger charge is 2.02. The van der Waals surface area contributed by atoms with Gasteiger partial charge in [-0.25, -0.2) is 11.7 Å². The second-order valence-corrected chi connectivity index (χ2v) is 1.64. The SMILES string of the molecule is NNC(=O)CCC(=O)NN. The van der Waals surface area contributed by atoms with E-state index in [4.69, 9.17) is 11.7 Å². The molecule has 0 aromatic rings.